The molecular formula is C21H24N2O2. The summed E-state index contributed by atoms with van der Waals surface area (Å²) in [5.74, 6) is 0.687. The Labute approximate surface area is 148 Å². The highest BCUT2D eigenvalue weighted by Gasteiger charge is 2.11. The Kier molecular flexibility index (Phi) is 6.35. The summed E-state index contributed by atoms with van der Waals surface area (Å²) in [5.41, 5.74) is 2.70. The van der Waals surface area contributed by atoms with Crippen molar-refractivity contribution in [1.82, 2.24) is 10.2 Å². The highest BCUT2D eigenvalue weighted by molar-refractivity contribution is 5.50. The Morgan fingerprint density at radius 3 is 2.40 bits per heavy atom. The fraction of sp³-hybridized carbons (Fsp3) is 0.333. The van der Waals surface area contributed by atoms with E-state index >= 15 is 0 Å². The SMILES string of the molecule is OC(CCCCCCc1ccccc1)c1ccc(-c2ccco2)nn1. The molecule has 4 heteroatoms. The highest BCUT2D eigenvalue weighted by atomic mass is 16.3. The van der Waals surface area contributed by atoms with Crippen LogP contribution < -0.4 is 0 Å². The molecule has 0 saturated carbocycles. The third kappa shape index (κ3) is 5.26. The summed E-state index contributed by atoms with van der Waals surface area (Å²) >= 11 is 0. The molecule has 0 radical (unpaired) electrons. The number of rotatable bonds is 9. The maximum atomic E-state index is 10.3. The molecule has 1 unspecified atom stereocenters. The third-order valence-corrected chi connectivity index (χ3v) is 4.34. The summed E-state index contributed by atoms with van der Waals surface area (Å²) in [7, 11) is 0. The van der Waals surface area contributed by atoms with Gasteiger partial charge < -0.3 is 9.52 Å². The number of aromatic nitrogens is 2. The van der Waals surface area contributed by atoms with Crippen molar-refractivity contribution in [2.24, 2.45) is 0 Å². The van der Waals surface area contributed by atoms with Crippen molar-refractivity contribution >= 4 is 0 Å². The van der Waals surface area contributed by atoms with Crippen molar-refractivity contribution in [2.75, 3.05) is 0 Å². The fourth-order valence-electron chi connectivity index (χ4n) is 2.89. The van der Waals surface area contributed by atoms with Crippen LogP contribution in [0.25, 0.3) is 11.5 Å². The van der Waals surface area contributed by atoms with E-state index in [4.69, 9.17) is 4.42 Å². The second kappa shape index (κ2) is 9.14. The van der Waals surface area contributed by atoms with E-state index in [-0.39, 0.29) is 0 Å². The zero-order valence-corrected chi connectivity index (χ0v) is 14.3. The highest BCUT2D eigenvalue weighted by Crippen LogP contribution is 2.21. The Morgan fingerprint density at radius 2 is 1.68 bits per heavy atom. The predicted octanol–water partition coefficient (Wildman–Crippen LogP) is 4.96. The van der Waals surface area contributed by atoms with Gasteiger partial charge in [0.05, 0.1) is 18.1 Å². The van der Waals surface area contributed by atoms with Crippen LogP contribution in [0.2, 0.25) is 0 Å². The summed E-state index contributed by atoms with van der Waals surface area (Å²) in [4.78, 5) is 0. The molecule has 0 aliphatic heterocycles. The van der Waals surface area contributed by atoms with Gasteiger partial charge in [-0.25, -0.2) is 0 Å². The average Bonchev–Trinajstić information content (AvgIpc) is 3.20. The molecule has 0 amide bonds. The van der Waals surface area contributed by atoms with Gasteiger partial charge in [-0.3, -0.25) is 0 Å². The molecule has 3 aromatic rings. The second-order valence-corrected chi connectivity index (χ2v) is 6.28. The van der Waals surface area contributed by atoms with Crippen LogP contribution in [0.5, 0.6) is 0 Å². The fourth-order valence-corrected chi connectivity index (χ4v) is 2.89. The summed E-state index contributed by atoms with van der Waals surface area (Å²) < 4.78 is 5.29. The monoisotopic (exact) mass is 336 g/mol. The number of nitrogens with zero attached hydrogens (tertiary/aromatic N) is 2. The maximum Gasteiger partial charge on any atom is 0.154 e. The molecule has 130 valence electrons. The van der Waals surface area contributed by atoms with E-state index in [9.17, 15) is 5.11 Å². The minimum absolute atomic E-state index is 0.549. The van der Waals surface area contributed by atoms with Gasteiger partial charge in [-0.1, -0.05) is 49.6 Å². The summed E-state index contributed by atoms with van der Waals surface area (Å²) in [6, 6.07) is 17.9. The third-order valence-electron chi connectivity index (χ3n) is 4.34. The van der Waals surface area contributed by atoms with Gasteiger partial charge in [-0.05, 0) is 49.1 Å². The van der Waals surface area contributed by atoms with Crippen molar-refractivity contribution in [3.63, 3.8) is 0 Å². The molecule has 4 nitrogen and oxygen atoms in total. The molecule has 3 rings (SSSR count). The first kappa shape index (κ1) is 17.4. The smallest absolute Gasteiger partial charge is 0.154 e. The predicted molar refractivity (Wildman–Crippen MR) is 97.9 cm³/mol. The molecule has 0 bridgehead atoms. The average molecular weight is 336 g/mol. The molecule has 0 aliphatic carbocycles. The van der Waals surface area contributed by atoms with Crippen molar-refractivity contribution in [1.29, 1.82) is 0 Å². The Balaban J connectivity index is 1.35. The lowest BCUT2D eigenvalue weighted by atomic mass is 10.0. The summed E-state index contributed by atoms with van der Waals surface area (Å²) in [6.07, 6.45) is 7.41. The van der Waals surface area contributed by atoms with E-state index in [1.807, 2.05) is 24.3 Å². The van der Waals surface area contributed by atoms with Gasteiger partial charge in [0.1, 0.15) is 5.69 Å². The van der Waals surface area contributed by atoms with E-state index in [0.717, 1.165) is 25.7 Å². The number of aliphatic hydroxyl groups is 1. The molecular weight excluding hydrogens is 312 g/mol. The van der Waals surface area contributed by atoms with E-state index in [1.54, 1.807) is 6.26 Å². The van der Waals surface area contributed by atoms with Crippen molar-refractivity contribution in [3.05, 3.63) is 72.1 Å². The first-order chi connectivity index (χ1) is 12.3. The van der Waals surface area contributed by atoms with Crippen LogP contribution >= 0.6 is 0 Å². The van der Waals surface area contributed by atoms with Crippen LogP contribution in [0, 0.1) is 0 Å². The molecule has 0 fully saturated rings. The number of benzene rings is 1. The topological polar surface area (TPSA) is 59.2 Å². The van der Waals surface area contributed by atoms with Gasteiger partial charge in [0.2, 0.25) is 0 Å². The van der Waals surface area contributed by atoms with E-state index in [0.29, 0.717) is 17.1 Å². The number of unbranched alkanes of at least 4 members (excludes halogenated alkanes) is 3. The van der Waals surface area contributed by atoms with Gasteiger partial charge in [-0.2, -0.15) is 5.10 Å². The zero-order chi connectivity index (χ0) is 17.3. The van der Waals surface area contributed by atoms with Crippen LogP contribution in [0.4, 0.5) is 0 Å². The van der Waals surface area contributed by atoms with Gasteiger partial charge in [0.25, 0.3) is 0 Å². The molecule has 0 saturated heterocycles. The molecule has 2 aromatic heterocycles. The van der Waals surface area contributed by atoms with Gasteiger partial charge in [0, 0.05) is 0 Å². The number of hydrogen-bond acceptors (Lipinski definition) is 4. The van der Waals surface area contributed by atoms with Crippen LogP contribution in [-0.2, 0) is 6.42 Å². The molecule has 0 aliphatic rings. The number of hydrogen-bond donors (Lipinski definition) is 1. The largest absolute Gasteiger partial charge is 0.463 e. The van der Waals surface area contributed by atoms with Gasteiger partial charge in [-0.15, -0.1) is 5.10 Å². The lowest BCUT2D eigenvalue weighted by Gasteiger charge is -2.09. The van der Waals surface area contributed by atoms with Crippen LogP contribution in [0.15, 0.2) is 65.3 Å². The maximum absolute atomic E-state index is 10.3. The van der Waals surface area contributed by atoms with Gasteiger partial charge >= 0.3 is 0 Å². The normalized spacial score (nSPS) is 12.2. The van der Waals surface area contributed by atoms with Crippen LogP contribution in [-0.4, -0.2) is 15.3 Å². The van der Waals surface area contributed by atoms with Crippen LogP contribution in [0.3, 0.4) is 0 Å². The molecule has 1 aromatic carbocycles. The number of aryl methyl sites for hydroxylation is 1. The van der Waals surface area contributed by atoms with Crippen molar-refractivity contribution in [2.45, 2.75) is 44.6 Å². The van der Waals surface area contributed by atoms with E-state index in [1.165, 1.54) is 18.4 Å². The lowest BCUT2D eigenvalue weighted by Crippen LogP contribution is -2.02. The number of furan rings is 1. The molecule has 25 heavy (non-hydrogen) atoms. The quantitative estimate of drug-likeness (QED) is 0.561. The van der Waals surface area contributed by atoms with E-state index < -0.39 is 6.10 Å². The standard InChI is InChI=1S/C21H24N2O2/c24-20(12-7-2-1-4-9-17-10-5-3-6-11-17)18-14-15-19(23-22-18)21-13-8-16-25-21/h3,5-6,8,10-11,13-16,20,24H,1-2,4,7,9,12H2. The van der Waals surface area contributed by atoms with Gasteiger partial charge in [0.15, 0.2) is 5.76 Å². The minimum Gasteiger partial charge on any atom is -0.463 e. The molecule has 2 heterocycles. The Morgan fingerprint density at radius 1 is 0.840 bits per heavy atom. The summed E-state index contributed by atoms with van der Waals surface area (Å²) in [5, 5.41) is 18.5. The van der Waals surface area contributed by atoms with Crippen molar-refractivity contribution < 1.29 is 9.52 Å². The van der Waals surface area contributed by atoms with E-state index in [2.05, 4.69) is 40.5 Å². The first-order valence-electron chi connectivity index (χ1n) is 8.92. The Bertz CT molecular complexity index is 724. The lowest BCUT2D eigenvalue weighted by molar-refractivity contribution is 0.157. The molecule has 1 N–H and O–H groups in total. The molecule has 0 spiro atoms. The second-order valence-electron chi connectivity index (χ2n) is 6.28. The summed E-state index contributed by atoms with van der Waals surface area (Å²) in [6.45, 7) is 0. The first-order valence-corrected chi connectivity index (χ1v) is 8.92. The number of aliphatic hydroxyl groups excluding tert-OH is 1. The van der Waals surface area contributed by atoms with Crippen LogP contribution in [0.1, 0.15) is 49.5 Å². The zero-order valence-electron chi connectivity index (χ0n) is 14.3. The molecule has 1 atom stereocenters. The minimum atomic E-state index is -0.549. The Hall–Kier alpha value is -2.46. The van der Waals surface area contributed by atoms with Crippen molar-refractivity contribution in [3.8, 4) is 11.5 Å².